The molecule has 0 saturated heterocycles. The van der Waals surface area contributed by atoms with Crippen molar-refractivity contribution >= 4 is 38.9 Å². The third-order valence-electron chi connectivity index (χ3n) is 3.88. The van der Waals surface area contributed by atoms with Crippen molar-refractivity contribution in [2.75, 3.05) is 7.11 Å². The Morgan fingerprint density at radius 3 is 2.67 bits per heavy atom. The van der Waals surface area contributed by atoms with E-state index < -0.39 is 0 Å². The first-order valence-electron chi connectivity index (χ1n) is 8.17. The van der Waals surface area contributed by atoms with Gasteiger partial charge in [-0.3, -0.25) is 0 Å². The molecular formula is C20H19BrN4O2. The molecule has 27 heavy (non-hydrogen) atoms. The molecule has 0 aliphatic carbocycles. The Bertz CT molecular complexity index is 1010. The van der Waals surface area contributed by atoms with Crippen LogP contribution in [-0.2, 0) is 6.61 Å². The summed E-state index contributed by atoms with van der Waals surface area (Å²) in [6.07, 6.45) is 1.53. The van der Waals surface area contributed by atoms with Gasteiger partial charge >= 0.3 is 0 Å². The zero-order valence-electron chi connectivity index (χ0n) is 14.7. The summed E-state index contributed by atoms with van der Waals surface area (Å²) in [5, 5.41) is 9.74. The number of halogens is 1. The third kappa shape index (κ3) is 4.57. The van der Waals surface area contributed by atoms with Crippen molar-refractivity contribution in [3.05, 3.63) is 70.2 Å². The number of methoxy groups -OCH3 is 1. The van der Waals surface area contributed by atoms with E-state index in [-0.39, 0.29) is 5.96 Å². The van der Waals surface area contributed by atoms with Gasteiger partial charge in [0.05, 0.1) is 17.8 Å². The highest BCUT2D eigenvalue weighted by Crippen LogP contribution is 2.37. The lowest BCUT2D eigenvalue weighted by molar-refractivity contribution is 0.283. The second-order valence-corrected chi connectivity index (χ2v) is 6.58. The number of hydrogen-bond acceptors (Lipinski definition) is 4. The summed E-state index contributed by atoms with van der Waals surface area (Å²) in [6, 6.07) is 18.0. The molecule has 0 radical (unpaired) electrons. The smallest absolute Gasteiger partial charge is 0.211 e. The molecule has 0 saturated carbocycles. The zero-order valence-corrected chi connectivity index (χ0v) is 16.3. The Labute approximate surface area is 165 Å². The average Bonchev–Trinajstić information content (AvgIpc) is 2.66. The summed E-state index contributed by atoms with van der Waals surface area (Å²) in [7, 11) is 1.59. The van der Waals surface area contributed by atoms with Crippen LogP contribution in [0, 0.1) is 0 Å². The first-order chi connectivity index (χ1) is 13.1. The highest BCUT2D eigenvalue weighted by molar-refractivity contribution is 9.10. The molecule has 0 heterocycles. The van der Waals surface area contributed by atoms with Crippen molar-refractivity contribution in [3.63, 3.8) is 0 Å². The van der Waals surface area contributed by atoms with E-state index in [1.165, 1.54) is 11.6 Å². The number of nitrogens with two attached hydrogens (primary N) is 2. The van der Waals surface area contributed by atoms with Crippen molar-refractivity contribution in [1.29, 1.82) is 0 Å². The third-order valence-corrected chi connectivity index (χ3v) is 4.47. The summed E-state index contributed by atoms with van der Waals surface area (Å²) < 4.78 is 12.3. The molecule has 0 fully saturated rings. The largest absolute Gasteiger partial charge is 0.493 e. The van der Waals surface area contributed by atoms with E-state index in [9.17, 15) is 0 Å². The Kier molecular flexibility index (Phi) is 5.93. The van der Waals surface area contributed by atoms with E-state index >= 15 is 0 Å². The molecular weight excluding hydrogens is 408 g/mol. The lowest BCUT2D eigenvalue weighted by atomic mass is 10.1. The average molecular weight is 427 g/mol. The van der Waals surface area contributed by atoms with Crippen LogP contribution in [0.3, 0.4) is 0 Å². The minimum absolute atomic E-state index is 0.104. The van der Waals surface area contributed by atoms with Gasteiger partial charge in [0.25, 0.3) is 0 Å². The maximum Gasteiger partial charge on any atom is 0.211 e. The van der Waals surface area contributed by atoms with Crippen molar-refractivity contribution in [3.8, 4) is 11.5 Å². The van der Waals surface area contributed by atoms with E-state index in [2.05, 4.69) is 50.4 Å². The number of ether oxygens (including phenoxy) is 2. The highest BCUT2D eigenvalue weighted by Gasteiger charge is 2.12. The van der Waals surface area contributed by atoms with Crippen molar-refractivity contribution in [2.45, 2.75) is 6.61 Å². The maximum atomic E-state index is 6.07. The molecule has 0 amide bonds. The van der Waals surface area contributed by atoms with E-state index in [4.69, 9.17) is 20.9 Å². The summed E-state index contributed by atoms with van der Waals surface area (Å²) in [5.41, 5.74) is 12.4. The van der Waals surface area contributed by atoms with Gasteiger partial charge < -0.3 is 20.9 Å². The molecule has 0 aromatic heterocycles. The van der Waals surface area contributed by atoms with Crippen LogP contribution < -0.4 is 20.9 Å². The fourth-order valence-corrected chi connectivity index (χ4v) is 3.26. The van der Waals surface area contributed by atoms with Crippen molar-refractivity contribution in [2.24, 2.45) is 21.7 Å². The number of guanidine groups is 1. The molecule has 3 rings (SSSR count). The molecule has 0 aliphatic heterocycles. The van der Waals surface area contributed by atoms with Crippen LogP contribution in [0.4, 0.5) is 0 Å². The summed E-state index contributed by atoms with van der Waals surface area (Å²) >= 11 is 3.53. The van der Waals surface area contributed by atoms with E-state index in [0.29, 0.717) is 18.1 Å². The lowest BCUT2D eigenvalue weighted by Gasteiger charge is -2.14. The Balaban J connectivity index is 1.86. The van der Waals surface area contributed by atoms with E-state index in [0.717, 1.165) is 21.0 Å². The van der Waals surface area contributed by atoms with Crippen molar-refractivity contribution < 1.29 is 9.47 Å². The van der Waals surface area contributed by atoms with Gasteiger partial charge in [-0.25, -0.2) is 0 Å². The Morgan fingerprint density at radius 2 is 1.89 bits per heavy atom. The maximum absolute atomic E-state index is 6.07. The number of hydrogen-bond donors (Lipinski definition) is 2. The Hall–Kier alpha value is -3.06. The molecule has 6 nitrogen and oxygen atoms in total. The molecule has 0 atom stereocenters. The fraction of sp³-hybridized carbons (Fsp3) is 0.100. The lowest BCUT2D eigenvalue weighted by Crippen LogP contribution is -2.21. The monoisotopic (exact) mass is 426 g/mol. The minimum atomic E-state index is -0.104. The van der Waals surface area contributed by atoms with E-state index in [1.807, 2.05) is 24.3 Å². The molecule has 3 aromatic carbocycles. The van der Waals surface area contributed by atoms with Gasteiger partial charge in [0, 0.05) is 0 Å². The topological polar surface area (TPSA) is 95.2 Å². The molecule has 3 aromatic rings. The van der Waals surface area contributed by atoms with Gasteiger partial charge in [0.15, 0.2) is 11.5 Å². The molecule has 0 aliphatic rings. The van der Waals surface area contributed by atoms with Crippen LogP contribution in [-0.4, -0.2) is 19.3 Å². The van der Waals surface area contributed by atoms with Crippen LogP contribution in [0.1, 0.15) is 11.1 Å². The molecule has 0 unspecified atom stereocenters. The zero-order chi connectivity index (χ0) is 19.2. The number of benzene rings is 3. The molecule has 138 valence electrons. The van der Waals surface area contributed by atoms with Crippen molar-refractivity contribution in [1.82, 2.24) is 0 Å². The number of fused-ring (bicyclic) bond motifs is 1. The first kappa shape index (κ1) is 18.7. The summed E-state index contributed by atoms with van der Waals surface area (Å²) in [6.45, 7) is 0.414. The predicted octanol–water partition coefficient (Wildman–Crippen LogP) is 3.80. The summed E-state index contributed by atoms with van der Waals surface area (Å²) in [4.78, 5) is 0. The molecule has 7 heteroatoms. The van der Waals surface area contributed by atoms with Crippen LogP contribution in [0.2, 0.25) is 0 Å². The van der Waals surface area contributed by atoms with Gasteiger partial charge in [-0.2, -0.15) is 5.10 Å². The first-order valence-corrected chi connectivity index (χ1v) is 8.96. The normalized spacial score (nSPS) is 10.9. The molecule has 0 bridgehead atoms. The molecule has 0 spiro atoms. The Morgan fingerprint density at radius 1 is 1.11 bits per heavy atom. The second kappa shape index (κ2) is 8.55. The fourth-order valence-electron chi connectivity index (χ4n) is 2.68. The van der Waals surface area contributed by atoms with Gasteiger partial charge in [-0.15, -0.1) is 5.10 Å². The van der Waals surface area contributed by atoms with Gasteiger partial charge in [0.1, 0.15) is 6.61 Å². The quantitative estimate of drug-likeness (QED) is 0.356. The van der Waals surface area contributed by atoms with Crippen LogP contribution in [0.15, 0.2) is 69.3 Å². The van der Waals surface area contributed by atoms with E-state index in [1.54, 1.807) is 13.2 Å². The van der Waals surface area contributed by atoms with Gasteiger partial charge in [-0.1, -0.05) is 42.5 Å². The van der Waals surface area contributed by atoms with Crippen LogP contribution in [0.5, 0.6) is 11.5 Å². The number of rotatable bonds is 6. The van der Waals surface area contributed by atoms with Gasteiger partial charge in [0.2, 0.25) is 5.96 Å². The number of nitrogens with zero attached hydrogens (tertiary/aromatic N) is 2. The second-order valence-electron chi connectivity index (χ2n) is 5.73. The minimum Gasteiger partial charge on any atom is -0.493 e. The molecule has 4 N–H and O–H groups in total. The SMILES string of the molecule is COc1cc(C=NN=C(N)N)cc(Br)c1OCc1cccc2ccccc12. The predicted molar refractivity (Wildman–Crippen MR) is 112 cm³/mol. The standard InChI is InChI=1S/C20H19BrN4O2/c1-26-18-10-13(11-24-25-20(22)23)9-17(21)19(18)27-12-15-7-4-6-14-5-2-3-8-16(14)15/h2-11H,12H2,1H3,(H4,22,23,25). The van der Waals surface area contributed by atoms with Gasteiger partial charge in [-0.05, 0) is 50.0 Å². The van der Waals surface area contributed by atoms with Crippen LogP contribution in [0.25, 0.3) is 10.8 Å². The summed E-state index contributed by atoms with van der Waals surface area (Å²) in [5.74, 6) is 1.09. The highest BCUT2D eigenvalue weighted by atomic mass is 79.9. The van der Waals surface area contributed by atoms with Crippen LogP contribution >= 0.6 is 15.9 Å².